The first-order valence-electron chi connectivity index (χ1n) is 7.89. The van der Waals surface area contributed by atoms with Gasteiger partial charge in [-0.15, -0.1) is 0 Å². The lowest BCUT2D eigenvalue weighted by Gasteiger charge is -2.15. The van der Waals surface area contributed by atoms with E-state index in [-0.39, 0.29) is 17.9 Å². The van der Waals surface area contributed by atoms with Gasteiger partial charge >= 0.3 is 0 Å². The molecule has 0 fully saturated rings. The Labute approximate surface area is 164 Å². The van der Waals surface area contributed by atoms with Gasteiger partial charge in [0.05, 0.1) is 0 Å². The molecule has 1 unspecified atom stereocenters. The molecular weight excluding hydrogens is 448 g/mol. The maximum atomic E-state index is 12.3. The maximum absolute atomic E-state index is 12.3. The van der Waals surface area contributed by atoms with Crippen LogP contribution < -0.4 is 10.6 Å². The zero-order chi connectivity index (χ0) is 18.6. The standard InChI is InChI=1S/C19H20Br2N2O2/c1-11-4-6-14(8-16(11)20)18(24)22-10-13(3)23-19(25)15-7-5-12(2)17(21)9-15/h4-9,13H,10H2,1-3H3,(H,22,24)(H,23,25). The highest BCUT2D eigenvalue weighted by Crippen LogP contribution is 2.18. The Morgan fingerprint density at radius 2 is 1.40 bits per heavy atom. The van der Waals surface area contributed by atoms with Crippen LogP contribution in [0.5, 0.6) is 0 Å². The third-order valence-corrected chi connectivity index (χ3v) is 5.52. The van der Waals surface area contributed by atoms with Crippen LogP contribution in [0.4, 0.5) is 0 Å². The molecule has 2 N–H and O–H groups in total. The predicted molar refractivity (Wildman–Crippen MR) is 107 cm³/mol. The topological polar surface area (TPSA) is 58.2 Å². The number of aryl methyl sites for hydroxylation is 2. The summed E-state index contributed by atoms with van der Waals surface area (Å²) in [6, 6.07) is 10.7. The molecule has 2 amide bonds. The van der Waals surface area contributed by atoms with Crippen molar-refractivity contribution in [3.8, 4) is 0 Å². The molecule has 0 bridgehead atoms. The molecule has 0 saturated heterocycles. The van der Waals surface area contributed by atoms with Gasteiger partial charge in [0.1, 0.15) is 0 Å². The molecule has 0 aliphatic carbocycles. The molecule has 0 spiro atoms. The Morgan fingerprint density at radius 1 is 0.920 bits per heavy atom. The minimum Gasteiger partial charge on any atom is -0.350 e. The number of halogens is 2. The molecule has 6 heteroatoms. The summed E-state index contributed by atoms with van der Waals surface area (Å²) >= 11 is 6.85. The van der Waals surface area contributed by atoms with Crippen molar-refractivity contribution in [1.29, 1.82) is 0 Å². The van der Waals surface area contributed by atoms with E-state index in [1.165, 1.54) is 0 Å². The van der Waals surface area contributed by atoms with E-state index in [0.717, 1.165) is 20.1 Å². The van der Waals surface area contributed by atoms with Crippen molar-refractivity contribution in [2.24, 2.45) is 0 Å². The molecule has 2 rings (SSSR count). The summed E-state index contributed by atoms with van der Waals surface area (Å²) in [5.74, 6) is -0.333. The fourth-order valence-corrected chi connectivity index (χ4v) is 2.93. The monoisotopic (exact) mass is 466 g/mol. The number of nitrogens with one attached hydrogen (secondary N) is 2. The van der Waals surface area contributed by atoms with Crippen LogP contribution in [0.25, 0.3) is 0 Å². The van der Waals surface area contributed by atoms with Gasteiger partial charge in [0.2, 0.25) is 0 Å². The molecule has 25 heavy (non-hydrogen) atoms. The molecule has 2 aromatic rings. The minimum atomic E-state index is -0.189. The lowest BCUT2D eigenvalue weighted by Crippen LogP contribution is -2.41. The normalized spacial score (nSPS) is 11.7. The van der Waals surface area contributed by atoms with Gasteiger partial charge in [0.15, 0.2) is 0 Å². The van der Waals surface area contributed by atoms with Crippen molar-refractivity contribution in [2.45, 2.75) is 26.8 Å². The van der Waals surface area contributed by atoms with Crippen molar-refractivity contribution in [2.75, 3.05) is 6.54 Å². The SMILES string of the molecule is Cc1ccc(C(=O)NCC(C)NC(=O)c2ccc(C)c(Br)c2)cc1Br. The Morgan fingerprint density at radius 3 is 1.88 bits per heavy atom. The van der Waals surface area contributed by atoms with Gasteiger partial charge in [-0.05, 0) is 56.2 Å². The number of amides is 2. The number of benzene rings is 2. The van der Waals surface area contributed by atoms with E-state index in [1.807, 2.05) is 32.9 Å². The van der Waals surface area contributed by atoms with Crippen LogP contribution >= 0.6 is 31.9 Å². The second-order valence-corrected chi connectivity index (χ2v) is 7.72. The lowest BCUT2D eigenvalue weighted by molar-refractivity contribution is 0.0912. The Bertz CT molecular complexity index is 806. The molecule has 0 aliphatic heterocycles. The van der Waals surface area contributed by atoms with Crippen molar-refractivity contribution >= 4 is 43.7 Å². The number of carbonyl (C=O) groups excluding carboxylic acids is 2. The molecule has 0 aromatic heterocycles. The number of hydrogen-bond acceptors (Lipinski definition) is 2. The van der Waals surface area contributed by atoms with E-state index >= 15 is 0 Å². The zero-order valence-electron chi connectivity index (χ0n) is 14.3. The second kappa shape index (κ2) is 8.63. The molecular formula is C19H20Br2N2O2. The van der Waals surface area contributed by atoms with Crippen molar-refractivity contribution < 1.29 is 9.59 Å². The number of rotatable bonds is 5. The quantitative estimate of drug-likeness (QED) is 0.685. The predicted octanol–water partition coefficient (Wildman–Crippen LogP) is 4.38. The van der Waals surface area contributed by atoms with Gasteiger partial charge in [0, 0.05) is 32.7 Å². The molecule has 0 radical (unpaired) electrons. The summed E-state index contributed by atoms with van der Waals surface area (Å²) in [6.45, 7) is 6.13. The molecule has 0 aliphatic rings. The van der Waals surface area contributed by atoms with Crippen molar-refractivity contribution in [3.63, 3.8) is 0 Å². The average molecular weight is 468 g/mol. The largest absolute Gasteiger partial charge is 0.350 e. The Balaban J connectivity index is 1.90. The van der Waals surface area contributed by atoms with E-state index < -0.39 is 0 Å². The highest BCUT2D eigenvalue weighted by Gasteiger charge is 2.13. The van der Waals surface area contributed by atoms with Crippen LogP contribution in [0.1, 0.15) is 38.8 Å². The van der Waals surface area contributed by atoms with Gasteiger partial charge in [0.25, 0.3) is 11.8 Å². The molecule has 0 saturated carbocycles. The highest BCUT2D eigenvalue weighted by molar-refractivity contribution is 9.10. The number of carbonyl (C=O) groups is 2. The van der Waals surface area contributed by atoms with Gasteiger partial charge in [-0.3, -0.25) is 9.59 Å². The third-order valence-electron chi connectivity index (χ3n) is 3.81. The molecule has 1 atom stereocenters. The zero-order valence-corrected chi connectivity index (χ0v) is 17.5. The van der Waals surface area contributed by atoms with Crippen LogP contribution in [-0.2, 0) is 0 Å². The van der Waals surface area contributed by atoms with E-state index in [0.29, 0.717) is 17.7 Å². The summed E-state index contributed by atoms with van der Waals surface area (Å²) in [5.41, 5.74) is 3.30. The lowest BCUT2D eigenvalue weighted by atomic mass is 10.1. The molecule has 4 nitrogen and oxygen atoms in total. The highest BCUT2D eigenvalue weighted by atomic mass is 79.9. The van der Waals surface area contributed by atoms with E-state index in [1.54, 1.807) is 24.3 Å². The van der Waals surface area contributed by atoms with Crippen LogP contribution in [0, 0.1) is 13.8 Å². The fraction of sp³-hybridized carbons (Fsp3) is 0.263. The molecule has 132 valence electrons. The van der Waals surface area contributed by atoms with Gasteiger partial charge in [-0.1, -0.05) is 44.0 Å². The van der Waals surface area contributed by atoms with Crippen LogP contribution in [0.15, 0.2) is 45.3 Å². The first-order chi connectivity index (χ1) is 11.8. The first-order valence-corrected chi connectivity index (χ1v) is 9.48. The smallest absolute Gasteiger partial charge is 0.251 e. The second-order valence-electron chi connectivity index (χ2n) is 6.01. The summed E-state index contributed by atoms with van der Waals surface area (Å²) in [6.07, 6.45) is 0. The fourth-order valence-electron chi connectivity index (χ4n) is 2.17. The van der Waals surface area contributed by atoms with E-state index in [4.69, 9.17) is 0 Å². The van der Waals surface area contributed by atoms with Gasteiger partial charge < -0.3 is 10.6 Å². The summed E-state index contributed by atoms with van der Waals surface area (Å²) < 4.78 is 1.79. The van der Waals surface area contributed by atoms with Crippen LogP contribution in [0.2, 0.25) is 0 Å². The van der Waals surface area contributed by atoms with Crippen molar-refractivity contribution in [3.05, 3.63) is 67.6 Å². The maximum Gasteiger partial charge on any atom is 0.251 e. The Kier molecular flexibility index (Phi) is 6.79. The first kappa shape index (κ1) is 19.7. The van der Waals surface area contributed by atoms with Crippen molar-refractivity contribution in [1.82, 2.24) is 10.6 Å². The van der Waals surface area contributed by atoms with Crippen LogP contribution in [0.3, 0.4) is 0 Å². The molecule has 2 aromatic carbocycles. The van der Waals surface area contributed by atoms with Gasteiger partial charge in [-0.2, -0.15) is 0 Å². The Hall–Kier alpha value is -1.66. The van der Waals surface area contributed by atoms with E-state index in [9.17, 15) is 9.59 Å². The average Bonchev–Trinajstić information content (AvgIpc) is 2.57. The summed E-state index contributed by atoms with van der Waals surface area (Å²) in [5, 5.41) is 5.73. The van der Waals surface area contributed by atoms with Gasteiger partial charge in [-0.25, -0.2) is 0 Å². The number of hydrogen-bond donors (Lipinski definition) is 2. The summed E-state index contributed by atoms with van der Waals surface area (Å²) in [7, 11) is 0. The van der Waals surface area contributed by atoms with E-state index in [2.05, 4.69) is 42.5 Å². The minimum absolute atomic E-state index is 0.166. The van der Waals surface area contributed by atoms with Crippen LogP contribution in [-0.4, -0.2) is 24.4 Å². The summed E-state index contributed by atoms with van der Waals surface area (Å²) in [4.78, 5) is 24.5. The molecule has 0 heterocycles. The third kappa shape index (κ3) is 5.41.